The number of likely N-dealkylation sites (N-methyl/N-ethyl adjacent to an activating group) is 1. The number of para-hydroxylation sites is 1. The molecule has 0 atom stereocenters. The molecule has 0 unspecified atom stereocenters. The van der Waals surface area contributed by atoms with Crippen LogP contribution in [-0.2, 0) is 30.9 Å². The van der Waals surface area contributed by atoms with E-state index in [0.29, 0.717) is 36.9 Å². The van der Waals surface area contributed by atoms with Gasteiger partial charge >= 0.3 is 5.97 Å². The predicted molar refractivity (Wildman–Crippen MR) is 118 cm³/mol. The Bertz CT molecular complexity index is 1100. The van der Waals surface area contributed by atoms with Crippen LogP contribution in [0.1, 0.15) is 12.0 Å². The Balaban J connectivity index is 1.49. The quantitative estimate of drug-likeness (QED) is 0.536. The Morgan fingerprint density at radius 3 is 2.58 bits per heavy atom. The zero-order chi connectivity index (χ0) is 23.8. The highest BCUT2D eigenvalue weighted by Crippen LogP contribution is 2.31. The molecule has 1 N–H and O–H groups in total. The maximum atomic E-state index is 12.5. The Hall–Kier alpha value is -3.31. The van der Waals surface area contributed by atoms with Crippen molar-refractivity contribution in [1.82, 2.24) is 9.62 Å². The summed E-state index contributed by atoms with van der Waals surface area (Å²) < 4.78 is 48.4. The third kappa shape index (κ3) is 6.59. The topological polar surface area (TPSA) is 120 Å². The Morgan fingerprint density at radius 2 is 1.82 bits per heavy atom. The van der Waals surface area contributed by atoms with Crippen molar-refractivity contribution in [3.05, 3.63) is 48.0 Å². The summed E-state index contributed by atoms with van der Waals surface area (Å²) in [6, 6.07) is 11.4. The number of methoxy groups -OCH3 is 1. The fourth-order valence-electron chi connectivity index (χ4n) is 3.03. The summed E-state index contributed by atoms with van der Waals surface area (Å²) in [6.07, 6.45) is 0.688. The minimum atomic E-state index is -4.00. The van der Waals surface area contributed by atoms with E-state index >= 15 is 0 Å². The maximum Gasteiger partial charge on any atom is 0.321 e. The number of hydrogen-bond donors (Lipinski definition) is 1. The standard InChI is InChI=1S/C22H26N2O8S/c1-24(14-16-6-3-4-7-18(16)29-2)21(25)15-32-22(26)13-23-33(27,28)17-8-9-19-20(12-17)31-11-5-10-30-19/h3-4,6-9,12,23H,5,10-11,13-15H2,1-2H3. The van der Waals surface area contributed by atoms with Crippen molar-refractivity contribution in [3.63, 3.8) is 0 Å². The van der Waals surface area contributed by atoms with Gasteiger partial charge in [0.15, 0.2) is 18.1 Å². The monoisotopic (exact) mass is 478 g/mol. The number of carbonyl (C=O) groups is 2. The average molecular weight is 479 g/mol. The van der Waals surface area contributed by atoms with Gasteiger partial charge in [-0.1, -0.05) is 18.2 Å². The molecule has 1 aliphatic rings. The largest absolute Gasteiger partial charge is 0.496 e. The minimum Gasteiger partial charge on any atom is -0.496 e. The smallest absolute Gasteiger partial charge is 0.321 e. The maximum absolute atomic E-state index is 12.5. The first-order valence-corrected chi connectivity index (χ1v) is 11.7. The second-order valence-corrected chi connectivity index (χ2v) is 8.97. The van der Waals surface area contributed by atoms with Crippen molar-refractivity contribution >= 4 is 21.9 Å². The number of fused-ring (bicyclic) bond motifs is 1. The van der Waals surface area contributed by atoms with Crippen LogP contribution in [0, 0.1) is 0 Å². The summed E-state index contributed by atoms with van der Waals surface area (Å²) >= 11 is 0. The van der Waals surface area contributed by atoms with Gasteiger partial charge in [0.25, 0.3) is 5.91 Å². The second kappa shape index (κ2) is 11.0. The molecule has 1 amide bonds. The fourth-order valence-corrected chi connectivity index (χ4v) is 4.01. The van der Waals surface area contributed by atoms with Crippen molar-refractivity contribution in [1.29, 1.82) is 0 Å². The SMILES string of the molecule is COc1ccccc1CN(C)C(=O)COC(=O)CNS(=O)(=O)c1ccc2c(c1)OCCCO2. The van der Waals surface area contributed by atoms with Crippen molar-refractivity contribution in [2.75, 3.05) is 40.5 Å². The lowest BCUT2D eigenvalue weighted by Crippen LogP contribution is -2.34. The number of ether oxygens (including phenoxy) is 4. The molecule has 3 rings (SSSR count). The van der Waals surface area contributed by atoms with Crippen LogP contribution < -0.4 is 18.9 Å². The molecule has 2 aromatic rings. The molecule has 0 saturated heterocycles. The van der Waals surface area contributed by atoms with Crippen molar-refractivity contribution in [3.8, 4) is 17.2 Å². The molecule has 0 spiro atoms. The van der Waals surface area contributed by atoms with E-state index in [0.717, 1.165) is 5.56 Å². The molecule has 33 heavy (non-hydrogen) atoms. The number of amides is 1. The first kappa shape index (κ1) is 24.3. The zero-order valence-corrected chi connectivity index (χ0v) is 19.2. The number of nitrogens with one attached hydrogen (secondary N) is 1. The van der Waals surface area contributed by atoms with Gasteiger partial charge in [0, 0.05) is 31.6 Å². The molecule has 0 aliphatic carbocycles. The Kier molecular flexibility index (Phi) is 8.12. The molecule has 1 heterocycles. The van der Waals surface area contributed by atoms with Gasteiger partial charge in [-0.05, 0) is 18.2 Å². The highest BCUT2D eigenvalue weighted by molar-refractivity contribution is 7.89. The van der Waals surface area contributed by atoms with Gasteiger partial charge in [-0.15, -0.1) is 0 Å². The van der Waals surface area contributed by atoms with Crippen molar-refractivity contribution in [2.45, 2.75) is 17.9 Å². The van der Waals surface area contributed by atoms with Crippen LogP contribution in [0.3, 0.4) is 0 Å². The van der Waals surface area contributed by atoms with Crippen LogP contribution in [0.15, 0.2) is 47.4 Å². The number of carbonyl (C=O) groups excluding carboxylic acids is 2. The van der Waals surface area contributed by atoms with E-state index in [2.05, 4.69) is 4.72 Å². The molecule has 0 saturated carbocycles. The van der Waals surface area contributed by atoms with Gasteiger partial charge in [0.2, 0.25) is 10.0 Å². The van der Waals surface area contributed by atoms with Crippen LogP contribution >= 0.6 is 0 Å². The third-order valence-corrected chi connectivity index (χ3v) is 6.22. The van der Waals surface area contributed by atoms with Gasteiger partial charge in [-0.25, -0.2) is 8.42 Å². The van der Waals surface area contributed by atoms with E-state index in [9.17, 15) is 18.0 Å². The van der Waals surface area contributed by atoms with Gasteiger partial charge in [0.05, 0.1) is 25.2 Å². The van der Waals surface area contributed by atoms with Gasteiger partial charge in [-0.2, -0.15) is 4.72 Å². The van der Waals surface area contributed by atoms with Crippen LogP contribution in [0.4, 0.5) is 0 Å². The van der Waals surface area contributed by atoms with E-state index in [1.54, 1.807) is 13.1 Å². The van der Waals surface area contributed by atoms with Crippen molar-refractivity contribution < 1.29 is 37.0 Å². The molecule has 11 heteroatoms. The van der Waals surface area contributed by atoms with Crippen LogP contribution in [0.5, 0.6) is 17.2 Å². The van der Waals surface area contributed by atoms with E-state index in [4.69, 9.17) is 18.9 Å². The summed E-state index contributed by atoms with van der Waals surface area (Å²) in [5.41, 5.74) is 0.796. The van der Waals surface area contributed by atoms with E-state index < -0.39 is 35.1 Å². The first-order valence-electron chi connectivity index (χ1n) is 10.2. The molecule has 1 aliphatic heterocycles. The molecule has 178 valence electrons. The van der Waals surface area contributed by atoms with Gasteiger partial charge < -0.3 is 23.8 Å². The number of esters is 1. The molecule has 2 aromatic carbocycles. The van der Waals surface area contributed by atoms with Crippen molar-refractivity contribution in [2.24, 2.45) is 0 Å². The highest BCUT2D eigenvalue weighted by atomic mass is 32.2. The van der Waals surface area contributed by atoms with E-state index in [1.807, 2.05) is 18.2 Å². The molecule has 0 bridgehead atoms. The molecular weight excluding hydrogens is 452 g/mol. The number of hydrogen-bond acceptors (Lipinski definition) is 8. The van der Waals surface area contributed by atoms with Gasteiger partial charge in [-0.3, -0.25) is 9.59 Å². The van der Waals surface area contributed by atoms with E-state index in [1.165, 1.54) is 30.2 Å². The molecule has 10 nitrogen and oxygen atoms in total. The summed E-state index contributed by atoms with van der Waals surface area (Å²) in [7, 11) is -0.897. The fraction of sp³-hybridized carbons (Fsp3) is 0.364. The van der Waals surface area contributed by atoms with Gasteiger partial charge in [0.1, 0.15) is 12.3 Å². The number of sulfonamides is 1. The number of benzene rings is 2. The number of rotatable bonds is 9. The second-order valence-electron chi connectivity index (χ2n) is 7.21. The summed E-state index contributed by atoms with van der Waals surface area (Å²) in [6.45, 7) is 0.0133. The number of nitrogens with zero attached hydrogens (tertiary/aromatic N) is 1. The normalized spacial score (nSPS) is 13.0. The lowest BCUT2D eigenvalue weighted by Gasteiger charge is -2.18. The third-order valence-electron chi connectivity index (χ3n) is 4.82. The summed E-state index contributed by atoms with van der Waals surface area (Å²) in [5, 5.41) is 0. The molecule has 0 aromatic heterocycles. The lowest BCUT2D eigenvalue weighted by atomic mass is 10.2. The average Bonchev–Trinajstić information content (AvgIpc) is 3.06. The van der Waals surface area contributed by atoms with Crippen LogP contribution in [-0.4, -0.2) is 65.7 Å². The molecule has 0 radical (unpaired) electrons. The molecule has 0 fully saturated rings. The minimum absolute atomic E-state index is 0.0767. The highest BCUT2D eigenvalue weighted by Gasteiger charge is 2.21. The van der Waals surface area contributed by atoms with Crippen LogP contribution in [0.25, 0.3) is 0 Å². The summed E-state index contributed by atoms with van der Waals surface area (Å²) in [5.74, 6) is 0.0912. The Morgan fingerprint density at radius 1 is 1.09 bits per heavy atom. The first-order chi connectivity index (χ1) is 15.8. The zero-order valence-electron chi connectivity index (χ0n) is 18.4. The lowest BCUT2D eigenvalue weighted by molar-refractivity contribution is -0.150. The predicted octanol–water partition coefficient (Wildman–Crippen LogP) is 1.34. The molecular formula is C22H26N2O8S. The Labute approximate surface area is 192 Å². The van der Waals surface area contributed by atoms with E-state index in [-0.39, 0.29) is 11.4 Å². The summed E-state index contributed by atoms with van der Waals surface area (Å²) in [4.78, 5) is 25.6. The van der Waals surface area contributed by atoms with Crippen LogP contribution in [0.2, 0.25) is 0 Å².